The average molecular weight is 329 g/mol. The number of aryl methyl sites for hydroxylation is 2. The maximum absolute atomic E-state index is 13.2. The summed E-state index contributed by atoms with van der Waals surface area (Å²) in [6.45, 7) is 11.0. The van der Waals surface area contributed by atoms with Crippen LogP contribution < -0.4 is 10.2 Å². The van der Waals surface area contributed by atoms with Crippen LogP contribution >= 0.6 is 0 Å². The van der Waals surface area contributed by atoms with Crippen LogP contribution in [-0.4, -0.2) is 17.6 Å². The highest BCUT2D eigenvalue weighted by atomic mass is 16.2. The highest BCUT2D eigenvalue weighted by Crippen LogP contribution is 2.44. The first kappa shape index (κ1) is 17.3. The third kappa shape index (κ3) is 3.18. The molecule has 0 saturated heterocycles. The quantitative estimate of drug-likeness (QED) is 0.731. The number of carbonyl (C=O) groups excluding carboxylic acids is 1. The fraction of sp³-hybridized carbons (Fsp3) is 0.667. The van der Waals surface area contributed by atoms with Crippen LogP contribution in [0.5, 0.6) is 0 Å². The van der Waals surface area contributed by atoms with E-state index < -0.39 is 0 Å². The average Bonchev–Trinajstić information content (AvgIpc) is 2.49. The topological polar surface area (TPSA) is 32.3 Å². The van der Waals surface area contributed by atoms with E-state index in [-0.39, 0.29) is 11.6 Å². The Hall–Kier alpha value is -1.51. The Morgan fingerprint density at radius 1 is 1.12 bits per heavy atom. The number of anilines is 1. The van der Waals surface area contributed by atoms with Gasteiger partial charge >= 0.3 is 6.03 Å². The van der Waals surface area contributed by atoms with Gasteiger partial charge in [0.25, 0.3) is 0 Å². The number of fused-ring (bicyclic) bond motifs is 1. The van der Waals surface area contributed by atoms with Gasteiger partial charge in [0.2, 0.25) is 0 Å². The molecule has 0 radical (unpaired) electrons. The molecule has 1 fully saturated rings. The number of rotatable bonds is 1. The zero-order chi connectivity index (χ0) is 17.5. The summed E-state index contributed by atoms with van der Waals surface area (Å²) in [5.74, 6) is 0.480. The molecule has 1 aromatic carbocycles. The van der Waals surface area contributed by atoms with Crippen molar-refractivity contribution in [2.75, 3.05) is 4.90 Å². The Balaban J connectivity index is 1.94. The maximum Gasteiger partial charge on any atom is 0.322 e. The van der Waals surface area contributed by atoms with Crippen molar-refractivity contribution in [3.8, 4) is 0 Å². The van der Waals surface area contributed by atoms with E-state index in [1.54, 1.807) is 0 Å². The molecule has 1 saturated carbocycles. The van der Waals surface area contributed by atoms with Crippen LogP contribution in [0.4, 0.5) is 10.5 Å². The zero-order valence-electron chi connectivity index (χ0n) is 15.9. The van der Waals surface area contributed by atoms with Crippen molar-refractivity contribution < 1.29 is 4.79 Å². The predicted octanol–water partition coefficient (Wildman–Crippen LogP) is 5.44. The van der Waals surface area contributed by atoms with Crippen molar-refractivity contribution in [2.45, 2.75) is 90.6 Å². The summed E-state index contributed by atoms with van der Waals surface area (Å²) in [7, 11) is 0. The number of hydrogen-bond acceptors (Lipinski definition) is 1. The molecule has 3 nitrogen and oxygen atoms in total. The summed E-state index contributed by atoms with van der Waals surface area (Å²) in [5, 5.41) is 3.32. The van der Waals surface area contributed by atoms with Crippen molar-refractivity contribution >= 4 is 11.7 Å². The molecule has 0 aromatic heterocycles. The Bertz CT molecular complexity index is 629. The number of hydrogen-bond donors (Lipinski definition) is 1. The SMILES string of the molecule is Cc1cc2c(cc1C)N(C(=O)NC1CCCCC1)C(C)(C)CC2C. The highest BCUT2D eigenvalue weighted by Gasteiger charge is 2.40. The lowest BCUT2D eigenvalue weighted by Crippen LogP contribution is -2.57. The molecule has 1 aliphatic heterocycles. The van der Waals surface area contributed by atoms with Gasteiger partial charge in [0.15, 0.2) is 0 Å². The summed E-state index contributed by atoms with van der Waals surface area (Å²) in [6, 6.07) is 4.92. The third-order valence-corrected chi connectivity index (χ3v) is 5.96. The normalized spacial score (nSPS) is 23.7. The van der Waals surface area contributed by atoms with Crippen molar-refractivity contribution in [1.29, 1.82) is 0 Å². The van der Waals surface area contributed by atoms with Crippen molar-refractivity contribution in [2.24, 2.45) is 0 Å². The number of nitrogens with one attached hydrogen (secondary N) is 1. The van der Waals surface area contributed by atoms with E-state index in [2.05, 4.69) is 52.1 Å². The second-order valence-electron chi connectivity index (χ2n) is 8.53. The minimum absolute atomic E-state index is 0.0864. The van der Waals surface area contributed by atoms with Gasteiger partial charge in [-0.15, -0.1) is 0 Å². The van der Waals surface area contributed by atoms with Gasteiger partial charge in [-0.1, -0.05) is 32.3 Å². The molecule has 2 amide bonds. The molecule has 132 valence electrons. The molecule has 1 unspecified atom stereocenters. The van der Waals surface area contributed by atoms with Crippen LogP contribution in [0.1, 0.15) is 81.9 Å². The molecular weight excluding hydrogens is 296 g/mol. The second kappa shape index (κ2) is 6.42. The second-order valence-corrected chi connectivity index (χ2v) is 8.53. The summed E-state index contributed by atoms with van der Waals surface area (Å²) in [4.78, 5) is 15.2. The lowest BCUT2D eigenvalue weighted by Gasteiger charge is -2.46. The van der Waals surface area contributed by atoms with E-state index in [1.807, 2.05) is 4.90 Å². The number of amides is 2. The van der Waals surface area contributed by atoms with E-state index >= 15 is 0 Å². The molecule has 2 aliphatic rings. The van der Waals surface area contributed by atoms with Crippen LogP contribution in [0.3, 0.4) is 0 Å². The van der Waals surface area contributed by atoms with Gasteiger partial charge in [-0.3, -0.25) is 4.90 Å². The van der Waals surface area contributed by atoms with Gasteiger partial charge < -0.3 is 5.32 Å². The Morgan fingerprint density at radius 2 is 1.75 bits per heavy atom. The lowest BCUT2D eigenvalue weighted by atomic mass is 9.79. The minimum Gasteiger partial charge on any atom is -0.335 e. The third-order valence-electron chi connectivity index (χ3n) is 5.96. The van der Waals surface area contributed by atoms with Crippen molar-refractivity contribution in [3.63, 3.8) is 0 Å². The fourth-order valence-electron chi connectivity index (χ4n) is 4.56. The van der Waals surface area contributed by atoms with Gasteiger partial charge in [0.05, 0.1) is 0 Å². The monoisotopic (exact) mass is 328 g/mol. The van der Waals surface area contributed by atoms with Gasteiger partial charge in [0.1, 0.15) is 0 Å². The Labute approximate surface area is 146 Å². The van der Waals surface area contributed by atoms with Gasteiger partial charge in [0, 0.05) is 17.3 Å². The van der Waals surface area contributed by atoms with Gasteiger partial charge in [-0.25, -0.2) is 4.79 Å². The zero-order valence-corrected chi connectivity index (χ0v) is 15.9. The van der Waals surface area contributed by atoms with E-state index in [1.165, 1.54) is 36.0 Å². The van der Waals surface area contributed by atoms with E-state index in [9.17, 15) is 4.79 Å². The molecule has 1 aromatic rings. The summed E-state index contributed by atoms with van der Waals surface area (Å²) >= 11 is 0. The molecule has 24 heavy (non-hydrogen) atoms. The van der Waals surface area contributed by atoms with Crippen molar-refractivity contribution in [3.05, 3.63) is 28.8 Å². The Morgan fingerprint density at radius 3 is 2.42 bits per heavy atom. The van der Waals surface area contributed by atoms with Crippen molar-refractivity contribution in [1.82, 2.24) is 5.32 Å². The highest BCUT2D eigenvalue weighted by molar-refractivity contribution is 5.95. The molecule has 0 bridgehead atoms. The Kier molecular flexibility index (Phi) is 4.63. The first-order valence-corrected chi connectivity index (χ1v) is 9.51. The lowest BCUT2D eigenvalue weighted by molar-refractivity contribution is 0.228. The molecule has 3 rings (SSSR count). The van der Waals surface area contributed by atoms with E-state index in [0.717, 1.165) is 24.9 Å². The number of urea groups is 1. The van der Waals surface area contributed by atoms with Crippen LogP contribution in [-0.2, 0) is 0 Å². The summed E-state index contributed by atoms with van der Waals surface area (Å²) in [5.41, 5.74) is 4.83. The summed E-state index contributed by atoms with van der Waals surface area (Å²) in [6.07, 6.45) is 7.02. The predicted molar refractivity (Wildman–Crippen MR) is 101 cm³/mol. The number of nitrogens with zero attached hydrogens (tertiary/aromatic N) is 1. The maximum atomic E-state index is 13.2. The molecule has 3 heteroatoms. The number of benzene rings is 1. The first-order valence-electron chi connectivity index (χ1n) is 9.51. The van der Waals surface area contributed by atoms with Gasteiger partial charge in [-0.05, 0) is 75.6 Å². The largest absolute Gasteiger partial charge is 0.335 e. The first-order chi connectivity index (χ1) is 11.3. The smallest absolute Gasteiger partial charge is 0.322 e. The molecule has 1 N–H and O–H groups in total. The summed E-state index contributed by atoms with van der Waals surface area (Å²) < 4.78 is 0. The van der Waals surface area contributed by atoms with Crippen LogP contribution in [0.25, 0.3) is 0 Å². The molecule has 0 spiro atoms. The van der Waals surface area contributed by atoms with Gasteiger partial charge in [-0.2, -0.15) is 0 Å². The van der Waals surface area contributed by atoms with Crippen LogP contribution in [0.15, 0.2) is 12.1 Å². The van der Waals surface area contributed by atoms with E-state index in [4.69, 9.17) is 0 Å². The van der Waals surface area contributed by atoms with Crippen LogP contribution in [0, 0.1) is 13.8 Å². The molecule has 1 aliphatic carbocycles. The van der Waals surface area contributed by atoms with Crippen LogP contribution in [0.2, 0.25) is 0 Å². The molecular formula is C21H32N2O. The van der Waals surface area contributed by atoms with E-state index in [0.29, 0.717) is 12.0 Å². The standard InChI is InChI=1S/C21H32N2O/c1-14-11-18-16(3)13-21(4,5)23(19(18)12-15(14)2)20(24)22-17-9-7-6-8-10-17/h11-12,16-17H,6-10,13H2,1-5H3,(H,22,24). The fourth-order valence-corrected chi connectivity index (χ4v) is 4.56. The number of carbonyl (C=O) groups is 1. The minimum atomic E-state index is -0.160. The molecule has 1 atom stereocenters. The molecule has 1 heterocycles.